The van der Waals surface area contributed by atoms with Crippen LogP contribution in [-0.4, -0.2) is 41.0 Å². The highest BCUT2D eigenvalue weighted by molar-refractivity contribution is 7.99. The maximum atomic E-state index is 4.28. The third-order valence-corrected chi connectivity index (χ3v) is 5.10. The Hall–Kier alpha value is -2.00. The first-order valence-corrected chi connectivity index (χ1v) is 8.30. The van der Waals surface area contributed by atoms with Gasteiger partial charge in [0.1, 0.15) is 0 Å². The zero-order chi connectivity index (χ0) is 14.1. The molecule has 0 amide bonds. The maximum Gasteiger partial charge on any atom is 0.217 e. The van der Waals surface area contributed by atoms with Gasteiger partial charge in [-0.3, -0.25) is 4.40 Å². The smallest absolute Gasteiger partial charge is 0.217 e. The van der Waals surface area contributed by atoms with E-state index in [1.54, 1.807) is 23.1 Å². The minimum Gasteiger partial charge on any atom is -0.260 e. The van der Waals surface area contributed by atoms with E-state index >= 15 is 0 Å². The molecule has 9 heteroatoms. The molecule has 0 saturated carbocycles. The molecule has 4 rings (SSSR count). The molecule has 0 aliphatic carbocycles. The highest BCUT2D eigenvalue weighted by Crippen LogP contribution is 2.29. The SMILES string of the molecule is c1ccc2c(c1)sc1nnc(SCCCc3nn[nH]n3)n12. The monoisotopic (exact) mass is 317 g/mol. The summed E-state index contributed by atoms with van der Waals surface area (Å²) in [6.45, 7) is 0. The number of thiazole rings is 1. The number of tetrazole rings is 1. The molecule has 0 radical (unpaired) electrons. The van der Waals surface area contributed by atoms with Crippen LogP contribution in [-0.2, 0) is 6.42 Å². The zero-order valence-electron chi connectivity index (χ0n) is 10.9. The molecule has 3 heterocycles. The van der Waals surface area contributed by atoms with Crippen LogP contribution in [0.5, 0.6) is 0 Å². The fourth-order valence-electron chi connectivity index (χ4n) is 2.13. The van der Waals surface area contributed by atoms with Crippen LogP contribution in [0.1, 0.15) is 12.2 Å². The molecule has 0 aliphatic rings. The van der Waals surface area contributed by atoms with Gasteiger partial charge in [0, 0.05) is 12.2 Å². The number of nitrogens with one attached hydrogen (secondary N) is 1. The van der Waals surface area contributed by atoms with Gasteiger partial charge in [-0.2, -0.15) is 5.21 Å². The summed E-state index contributed by atoms with van der Waals surface area (Å²) >= 11 is 3.37. The van der Waals surface area contributed by atoms with Crippen molar-refractivity contribution in [2.24, 2.45) is 0 Å². The topological polar surface area (TPSA) is 84.6 Å². The fourth-order valence-corrected chi connectivity index (χ4v) is 4.04. The van der Waals surface area contributed by atoms with Crippen molar-refractivity contribution in [3.8, 4) is 0 Å². The predicted octanol–water partition coefficient (Wildman–Crippen LogP) is 2.18. The number of aryl methyl sites for hydroxylation is 1. The Morgan fingerprint density at radius 1 is 1.19 bits per heavy atom. The normalized spacial score (nSPS) is 11.6. The van der Waals surface area contributed by atoms with E-state index in [1.807, 2.05) is 12.1 Å². The summed E-state index contributed by atoms with van der Waals surface area (Å²) in [5.74, 6) is 1.70. The zero-order valence-corrected chi connectivity index (χ0v) is 12.6. The summed E-state index contributed by atoms with van der Waals surface area (Å²) in [7, 11) is 0. The van der Waals surface area contributed by atoms with E-state index in [0.717, 1.165) is 34.5 Å². The molecule has 21 heavy (non-hydrogen) atoms. The van der Waals surface area contributed by atoms with E-state index in [0.29, 0.717) is 0 Å². The molecule has 7 nitrogen and oxygen atoms in total. The average molecular weight is 317 g/mol. The largest absolute Gasteiger partial charge is 0.260 e. The van der Waals surface area contributed by atoms with E-state index < -0.39 is 0 Å². The summed E-state index contributed by atoms with van der Waals surface area (Å²) in [6.07, 6.45) is 1.79. The molecular formula is C12H11N7S2. The first kappa shape index (κ1) is 12.7. The Balaban J connectivity index is 1.51. The maximum absolute atomic E-state index is 4.28. The van der Waals surface area contributed by atoms with Gasteiger partial charge in [0.05, 0.1) is 10.2 Å². The number of nitrogens with zero attached hydrogens (tertiary/aromatic N) is 6. The molecule has 0 unspecified atom stereocenters. The van der Waals surface area contributed by atoms with Gasteiger partial charge in [0.2, 0.25) is 4.96 Å². The second kappa shape index (κ2) is 5.41. The van der Waals surface area contributed by atoms with Crippen molar-refractivity contribution in [3.63, 3.8) is 0 Å². The van der Waals surface area contributed by atoms with Crippen LogP contribution in [0.2, 0.25) is 0 Å². The number of hydrogen-bond donors (Lipinski definition) is 1. The number of rotatable bonds is 5. The molecule has 0 saturated heterocycles. The van der Waals surface area contributed by atoms with Crippen molar-refractivity contribution in [2.75, 3.05) is 5.75 Å². The minimum absolute atomic E-state index is 0.753. The summed E-state index contributed by atoms with van der Waals surface area (Å²) in [6, 6.07) is 8.30. The molecule has 1 N–H and O–H groups in total. The number of fused-ring (bicyclic) bond motifs is 3. The molecule has 3 aromatic heterocycles. The third kappa shape index (κ3) is 2.38. The summed E-state index contributed by atoms with van der Waals surface area (Å²) < 4.78 is 3.36. The Kier molecular flexibility index (Phi) is 3.28. The molecule has 0 fully saturated rings. The number of aromatic amines is 1. The molecular weight excluding hydrogens is 306 g/mol. The summed E-state index contributed by atoms with van der Waals surface area (Å²) in [5, 5.41) is 23.4. The number of hydrogen-bond acceptors (Lipinski definition) is 7. The number of benzene rings is 1. The van der Waals surface area contributed by atoms with Crippen LogP contribution < -0.4 is 0 Å². The third-order valence-electron chi connectivity index (χ3n) is 3.08. The van der Waals surface area contributed by atoms with Gasteiger partial charge in [-0.05, 0) is 18.6 Å². The first-order valence-electron chi connectivity index (χ1n) is 6.49. The molecule has 0 aliphatic heterocycles. The van der Waals surface area contributed by atoms with Gasteiger partial charge >= 0.3 is 0 Å². The molecule has 4 aromatic rings. The summed E-state index contributed by atoms with van der Waals surface area (Å²) in [4.78, 5) is 0.942. The van der Waals surface area contributed by atoms with Gasteiger partial charge in [0.25, 0.3) is 0 Å². The van der Waals surface area contributed by atoms with Crippen LogP contribution in [0.4, 0.5) is 0 Å². The number of thioether (sulfide) groups is 1. The first-order chi connectivity index (χ1) is 10.4. The lowest BCUT2D eigenvalue weighted by Gasteiger charge is -1.98. The summed E-state index contributed by atoms with van der Waals surface area (Å²) in [5.41, 5.74) is 1.17. The van der Waals surface area contributed by atoms with Crippen LogP contribution in [0.3, 0.4) is 0 Å². The molecule has 0 atom stereocenters. The Bertz CT molecular complexity index is 864. The lowest BCUT2D eigenvalue weighted by Crippen LogP contribution is -1.92. The quantitative estimate of drug-likeness (QED) is 0.448. The fraction of sp³-hybridized carbons (Fsp3) is 0.250. The molecule has 1 aromatic carbocycles. The lowest BCUT2D eigenvalue weighted by atomic mass is 10.3. The molecule has 0 spiro atoms. The van der Waals surface area contributed by atoms with Crippen molar-refractivity contribution < 1.29 is 0 Å². The lowest BCUT2D eigenvalue weighted by molar-refractivity contribution is 0.843. The highest BCUT2D eigenvalue weighted by atomic mass is 32.2. The highest BCUT2D eigenvalue weighted by Gasteiger charge is 2.12. The number of H-pyrrole nitrogens is 1. The van der Waals surface area contributed by atoms with E-state index in [-0.39, 0.29) is 0 Å². The van der Waals surface area contributed by atoms with Crippen molar-refractivity contribution >= 4 is 38.3 Å². The predicted molar refractivity (Wildman–Crippen MR) is 81.6 cm³/mol. The van der Waals surface area contributed by atoms with Crippen molar-refractivity contribution in [2.45, 2.75) is 18.0 Å². The Morgan fingerprint density at radius 3 is 3.05 bits per heavy atom. The van der Waals surface area contributed by atoms with E-state index in [2.05, 4.69) is 47.4 Å². The molecule has 0 bridgehead atoms. The second-order valence-electron chi connectivity index (χ2n) is 4.45. The standard InChI is InChI=1S/C12H11N7S2/c1-2-5-9-8(4-1)19-11(15-16-12(19)21-9)20-7-3-6-10-13-17-18-14-10/h1-2,4-5H,3,6-7H2,(H,13,14,17,18). The Labute approximate surface area is 127 Å². The van der Waals surface area contributed by atoms with Crippen molar-refractivity contribution in [1.29, 1.82) is 0 Å². The van der Waals surface area contributed by atoms with Crippen molar-refractivity contribution in [1.82, 2.24) is 35.2 Å². The Morgan fingerprint density at radius 2 is 2.14 bits per heavy atom. The minimum atomic E-state index is 0.753. The van der Waals surface area contributed by atoms with Gasteiger partial charge in [0.15, 0.2) is 11.0 Å². The van der Waals surface area contributed by atoms with Gasteiger partial charge in [-0.25, -0.2) is 0 Å². The van der Waals surface area contributed by atoms with Gasteiger partial charge in [-0.1, -0.05) is 40.4 Å². The average Bonchev–Trinajstić information content (AvgIpc) is 3.21. The van der Waals surface area contributed by atoms with Crippen LogP contribution >= 0.6 is 23.1 Å². The van der Waals surface area contributed by atoms with Crippen LogP contribution in [0, 0.1) is 0 Å². The van der Waals surface area contributed by atoms with Gasteiger partial charge in [-0.15, -0.1) is 20.4 Å². The van der Waals surface area contributed by atoms with E-state index in [4.69, 9.17) is 0 Å². The van der Waals surface area contributed by atoms with Gasteiger partial charge < -0.3 is 0 Å². The number of para-hydroxylation sites is 1. The molecule has 106 valence electrons. The number of aromatic nitrogens is 7. The van der Waals surface area contributed by atoms with E-state index in [1.165, 1.54) is 10.2 Å². The van der Waals surface area contributed by atoms with Crippen molar-refractivity contribution in [3.05, 3.63) is 30.1 Å². The van der Waals surface area contributed by atoms with Crippen LogP contribution in [0.15, 0.2) is 29.4 Å². The van der Waals surface area contributed by atoms with Crippen LogP contribution in [0.25, 0.3) is 15.2 Å². The second-order valence-corrected chi connectivity index (χ2v) is 6.52. The van der Waals surface area contributed by atoms with E-state index in [9.17, 15) is 0 Å².